The summed E-state index contributed by atoms with van der Waals surface area (Å²) < 4.78 is 15.9. The molecular weight excluding hydrogens is 891 g/mol. The Hall–Kier alpha value is -5.88. The average Bonchev–Trinajstić information content (AvgIpc) is 3.88. The average molecular weight is 966 g/mol. The number of aromatic nitrogens is 1. The third-order valence-corrected chi connectivity index (χ3v) is 12.0. The Kier molecular flexibility index (Phi) is 26.6. The molecule has 1 aromatic heterocycles. The number of likely N-dealkylation sites (tertiary alicyclic amines) is 1. The zero-order chi connectivity index (χ0) is 50.4. The van der Waals surface area contributed by atoms with Crippen molar-refractivity contribution >= 4 is 41.7 Å². The molecule has 1 unspecified atom stereocenters. The standard InChI is InChI=1S/C25H23N3O3.C18H35N3O6.C10H12.CH5N/c29-16-18-5-4-6-20(13-18)25(31)27-23-8-7-21(28-11-2-1-3-12-28)15-22(23)24-14-19(17-30)9-10-26-24;1-20(2)8-9-21-7-3-4-16(21)18(24)19-6-11-26-13-15-27-14-12-25-10-5-17(22)23;1-2-6-10-8-4-3-7-9(10)5-1;1-2/h4-10,13-17H,1-3,11-12H2,(H,27,31);16H,3-15H2,1-2H3,(H,19,24)(H,22,23);1-2,5-6H,3-4,7-8H2;2H2,1H3. The fourth-order valence-electron chi connectivity index (χ4n) is 8.28. The Morgan fingerprint density at radius 3 is 2.07 bits per heavy atom. The molecule has 0 spiro atoms. The van der Waals surface area contributed by atoms with E-state index in [1.165, 1.54) is 39.2 Å². The van der Waals surface area contributed by atoms with Gasteiger partial charge in [-0.3, -0.25) is 33.9 Å². The number of aldehydes is 2. The number of carboxylic acid groups (broad SMARTS) is 1. The number of piperidine rings is 1. The number of benzene rings is 3. The number of pyridine rings is 1. The van der Waals surface area contributed by atoms with Crippen LogP contribution in [0, 0.1) is 0 Å². The highest BCUT2D eigenvalue weighted by Gasteiger charge is 2.30. The Bertz CT molecular complexity index is 2180. The lowest BCUT2D eigenvalue weighted by Gasteiger charge is -2.29. The van der Waals surface area contributed by atoms with Gasteiger partial charge < -0.3 is 45.5 Å². The molecule has 3 aromatic carbocycles. The predicted octanol–water partition coefficient (Wildman–Crippen LogP) is 6.41. The van der Waals surface area contributed by atoms with E-state index < -0.39 is 5.97 Å². The molecule has 3 aliphatic rings. The summed E-state index contributed by atoms with van der Waals surface area (Å²) in [4.78, 5) is 68.9. The van der Waals surface area contributed by atoms with Crippen molar-refractivity contribution < 1.29 is 43.3 Å². The summed E-state index contributed by atoms with van der Waals surface area (Å²) in [5.41, 5.74) is 12.0. The minimum atomic E-state index is -0.870. The molecule has 0 bridgehead atoms. The van der Waals surface area contributed by atoms with Crippen LogP contribution in [0.3, 0.4) is 0 Å². The van der Waals surface area contributed by atoms with Crippen LogP contribution in [0.2, 0.25) is 0 Å². The van der Waals surface area contributed by atoms with Crippen molar-refractivity contribution in [3.8, 4) is 11.3 Å². The molecule has 2 saturated heterocycles. The number of carboxylic acids is 1. The van der Waals surface area contributed by atoms with E-state index in [-0.39, 0.29) is 30.9 Å². The second-order valence-electron chi connectivity index (χ2n) is 17.3. The molecule has 1 atom stereocenters. The van der Waals surface area contributed by atoms with Crippen LogP contribution in [0.5, 0.6) is 0 Å². The minimum absolute atomic E-state index is 0.00308. The third kappa shape index (κ3) is 20.2. The van der Waals surface area contributed by atoms with E-state index in [2.05, 4.69) is 60.3 Å². The first-order valence-corrected chi connectivity index (χ1v) is 24.6. The van der Waals surface area contributed by atoms with Crippen LogP contribution in [-0.2, 0) is 36.6 Å². The molecule has 16 nitrogen and oxygen atoms in total. The summed E-state index contributed by atoms with van der Waals surface area (Å²) in [6.45, 7) is 7.65. The van der Waals surface area contributed by atoms with Gasteiger partial charge in [-0.25, -0.2) is 0 Å². The van der Waals surface area contributed by atoms with Crippen LogP contribution in [0.1, 0.15) is 93.6 Å². The quantitative estimate of drug-likeness (QED) is 0.0497. The number of likely N-dealkylation sites (N-methyl/N-ethyl adjacent to an activating group) is 1. The number of hydrogen-bond acceptors (Lipinski definition) is 13. The van der Waals surface area contributed by atoms with Crippen molar-refractivity contribution in [3.05, 3.63) is 113 Å². The number of aryl methyl sites for hydroxylation is 2. The fraction of sp³-hybridized carbons (Fsp3) is 0.481. The van der Waals surface area contributed by atoms with Gasteiger partial charge in [-0.1, -0.05) is 36.4 Å². The summed E-state index contributed by atoms with van der Waals surface area (Å²) in [5.74, 6) is -1.10. The number of carbonyl (C=O) groups excluding carboxylic acids is 4. The van der Waals surface area contributed by atoms with Crippen molar-refractivity contribution in [2.24, 2.45) is 5.73 Å². The Balaban J connectivity index is 0.000000248. The molecular formula is C54H75N7O9. The summed E-state index contributed by atoms with van der Waals surface area (Å²) in [5, 5.41) is 14.3. The van der Waals surface area contributed by atoms with Crippen molar-refractivity contribution in [1.29, 1.82) is 0 Å². The number of hydrogen-bond donors (Lipinski definition) is 4. The number of anilines is 2. The maximum absolute atomic E-state index is 12.9. The number of fused-ring (bicyclic) bond motifs is 1. The highest BCUT2D eigenvalue weighted by Crippen LogP contribution is 2.33. The van der Waals surface area contributed by atoms with Gasteiger partial charge in [0.1, 0.15) is 12.6 Å². The van der Waals surface area contributed by atoms with Crippen LogP contribution in [0.15, 0.2) is 85.1 Å². The first-order chi connectivity index (χ1) is 34.1. The van der Waals surface area contributed by atoms with Gasteiger partial charge in [0.2, 0.25) is 5.91 Å². The van der Waals surface area contributed by atoms with Crippen LogP contribution in [0.4, 0.5) is 11.4 Å². The molecule has 2 fully saturated rings. The molecule has 380 valence electrons. The number of amides is 2. The van der Waals surface area contributed by atoms with Gasteiger partial charge in [-0.2, -0.15) is 0 Å². The Morgan fingerprint density at radius 2 is 1.41 bits per heavy atom. The van der Waals surface area contributed by atoms with Crippen molar-refractivity contribution in [2.75, 3.05) is 110 Å². The topological polar surface area (TPSA) is 206 Å². The molecule has 2 amide bonds. The van der Waals surface area contributed by atoms with E-state index in [4.69, 9.17) is 19.3 Å². The summed E-state index contributed by atoms with van der Waals surface area (Å²) in [7, 11) is 5.58. The van der Waals surface area contributed by atoms with E-state index in [1.54, 1.807) is 53.7 Å². The number of nitrogens with zero attached hydrogens (tertiary/aromatic N) is 4. The van der Waals surface area contributed by atoms with E-state index >= 15 is 0 Å². The normalized spacial score (nSPS) is 15.2. The van der Waals surface area contributed by atoms with E-state index in [9.17, 15) is 24.0 Å². The summed E-state index contributed by atoms with van der Waals surface area (Å²) in [6.07, 6.45) is 14.0. The van der Waals surface area contributed by atoms with Gasteiger partial charge in [-0.05, 0) is 139 Å². The molecule has 3 heterocycles. The van der Waals surface area contributed by atoms with Gasteiger partial charge in [0.15, 0.2) is 0 Å². The zero-order valence-corrected chi connectivity index (χ0v) is 41.5. The highest BCUT2D eigenvalue weighted by atomic mass is 16.5. The Morgan fingerprint density at radius 1 is 0.757 bits per heavy atom. The van der Waals surface area contributed by atoms with Gasteiger partial charge in [0.25, 0.3) is 5.91 Å². The minimum Gasteiger partial charge on any atom is -0.481 e. The lowest BCUT2D eigenvalue weighted by molar-refractivity contribution is -0.138. The number of carbonyl (C=O) groups is 5. The molecule has 7 rings (SSSR count). The molecule has 4 aromatic rings. The molecule has 0 saturated carbocycles. The van der Waals surface area contributed by atoms with Crippen molar-refractivity contribution in [1.82, 2.24) is 20.1 Å². The number of nitrogens with two attached hydrogens (primary N) is 1. The maximum atomic E-state index is 12.9. The first kappa shape index (κ1) is 56.7. The summed E-state index contributed by atoms with van der Waals surface area (Å²) >= 11 is 0. The molecule has 2 aliphatic heterocycles. The highest BCUT2D eigenvalue weighted by molar-refractivity contribution is 6.07. The monoisotopic (exact) mass is 966 g/mol. The molecule has 70 heavy (non-hydrogen) atoms. The van der Waals surface area contributed by atoms with Crippen molar-refractivity contribution in [3.63, 3.8) is 0 Å². The van der Waals surface area contributed by atoms with Gasteiger partial charge >= 0.3 is 5.97 Å². The van der Waals surface area contributed by atoms with E-state index in [0.717, 1.165) is 75.9 Å². The van der Waals surface area contributed by atoms with E-state index in [1.807, 2.05) is 32.3 Å². The second-order valence-corrected chi connectivity index (χ2v) is 17.3. The number of aliphatic carboxylic acids is 1. The predicted molar refractivity (Wildman–Crippen MR) is 275 cm³/mol. The zero-order valence-electron chi connectivity index (χ0n) is 41.5. The van der Waals surface area contributed by atoms with Gasteiger partial charge in [0, 0.05) is 66.9 Å². The SMILES string of the molecule is CN.CN(C)CCN1CCCC1C(=O)NCCOCCOCCOCCC(=O)O.O=Cc1cccc(C(=O)Nc2ccc(N3CCCCC3)cc2-c2cc(C=O)ccn2)c1.c1ccc2c(c1)CCCC2. The number of nitrogens with one attached hydrogen (secondary N) is 2. The largest absolute Gasteiger partial charge is 0.481 e. The Labute approximate surface area is 414 Å². The van der Waals surface area contributed by atoms with Crippen LogP contribution < -0.4 is 21.3 Å². The van der Waals surface area contributed by atoms with Crippen LogP contribution >= 0.6 is 0 Å². The third-order valence-electron chi connectivity index (χ3n) is 12.0. The van der Waals surface area contributed by atoms with Gasteiger partial charge in [0.05, 0.1) is 63.5 Å². The van der Waals surface area contributed by atoms with E-state index in [0.29, 0.717) is 73.9 Å². The van der Waals surface area contributed by atoms with Gasteiger partial charge in [-0.15, -0.1) is 0 Å². The first-order valence-electron chi connectivity index (χ1n) is 24.6. The van der Waals surface area contributed by atoms with Crippen molar-refractivity contribution in [2.45, 2.75) is 70.3 Å². The smallest absolute Gasteiger partial charge is 0.305 e. The molecule has 16 heteroatoms. The molecule has 5 N–H and O–H groups in total. The fourth-order valence-corrected chi connectivity index (χ4v) is 8.28. The number of rotatable bonds is 22. The lowest BCUT2D eigenvalue weighted by Crippen LogP contribution is -2.46. The number of ether oxygens (including phenoxy) is 3. The maximum Gasteiger partial charge on any atom is 0.305 e. The summed E-state index contributed by atoms with van der Waals surface area (Å²) in [6, 6.07) is 24.6. The molecule has 0 radical (unpaired) electrons. The van der Waals surface area contributed by atoms with Crippen LogP contribution in [-0.4, -0.2) is 156 Å². The van der Waals surface area contributed by atoms with Crippen LogP contribution in [0.25, 0.3) is 11.3 Å². The second kappa shape index (κ2) is 32.8. The molecule has 1 aliphatic carbocycles. The lowest BCUT2D eigenvalue weighted by atomic mass is 9.92.